The number of alkyl halides is 3. The molecule has 5 rings (SSSR count). The summed E-state index contributed by atoms with van der Waals surface area (Å²) in [6.07, 6.45) is -2.20. The molecule has 9 heteroatoms. The molecule has 3 aliphatic heterocycles. The van der Waals surface area contributed by atoms with E-state index in [1.807, 2.05) is 9.80 Å². The predicted octanol–water partition coefficient (Wildman–Crippen LogP) is 2.81. The minimum atomic E-state index is -4.50. The van der Waals surface area contributed by atoms with Crippen LogP contribution in [0.3, 0.4) is 0 Å². The molecule has 3 saturated heterocycles. The second-order valence-corrected chi connectivity index (χ2v) is 6.35. The van der Waals surface area contributed by atoms with Crippen molar-refractivity contribution < 1.29 is 17.6 Å². The molecule has 5 heterocycles. The van der Waals surface area contributed by atoms with Gasteiger partial charge < -0.3 is 9.80 Å². The molecule has 2 unspecified atom stereocenters. The molecule has 0 N–H and O–H groups in total. The minimum Gasteiger partial charge on any atom is -0.367 e. The number of aryl methyl sites for hydroxylation is 1. The van der Waals surface area contributed by atoms with Crippen LogP contribution in [0.5, 0.6) is 0 Å². The van der Waals surface area contributed by atoms with Gasteiger partial charge in [-0.05, 0) is 19.4 Å². The van der Waals surface area contributed by atoms with Gasteiger partial charge in [-0.25, -0.2) is 15.0 Å². The summed E-state index contributed by atoms with van der Waals surface area (Å²) < 4.78 is 52.3. The van der Waals surface area contributed by atoms with Crippen LogP contribution in [0, 0.1) is 12.9 Å². The van der Waals surface area contributed by atoms with Gasteiger partial charge in [-0.2, -0.15) is 17.6 Å². The van der Waals surface area contributed by atoms with E-state index in [0.717, 1.165) is 18.2 Å². The van der Waals surface area contributed by atoms with Crippen LogP contribution in [0.1, 0.15) is 17.9 Å². The van der Waals surface area contributed by atoms with Gasteiger partial charge in [0.25, 0.3) is 0 Å². The Morgan fingerprint density at radius 1 is 1.12 bits per heavy atom. The second kappa shape index (κ2) is 5.53. The molecular formula is C16H15F4N5. The van der Waals surface area contributed by atoms with E-state index in [9.17, 15) is 17.6 Å². The van der Waals surface area contributed by atoms with Crippen LogP contribution < -0.4 is 9.80 Å². The highest BCUT2D eigenvalue weighted by molar-refractivity contribution is 5.54. The number of piperazine rings is 1. The highest BCUT2D eigenvalue weighted by Crippen LogP contribution is 2.39. The van der Waals surface area contributed by atoms with Crippen LogP contribution in [0.2, 0.25) is 0 Å². The minimum absolute atomic E-state index is 0.0466. The highest BCUT2D eigenvalue weighted by Gasteiger charge is 2.46. The monoisotopic (exact) mass is 353 g/mol. The number of rotatable bonds is 2. The second-order valence-electron chi connectivity index (χ2n) is 6.35. The zero-order valence-corrected chi connectivity index (χ0v) is 13.3. The van der Waals surface area contributed by atoms with Crippen molar-refractivity contribution in [1.82, 2.24) is 15.0 Å². The van der Waals surface area contributed by atoms with Crippen molar-refractivity contribution in [3.8, 4) is 0 Å². The highest BCUT2D eigenvalue weighted by atomic mass is 19.4. The lowest BCUT2D eigenvalue weighted by molar-refractivity contribution is -0.141. The van der Waals surface area contributed by atoms with Crippen molar-refractivity contribution in [2.75, 3.05) is 22.9 Å². The summed E-state index contributed by atoms with van der Waals surface area (Å²) in [5.74, 6) is -0.139. The van der Waals surface area contributed by atoms with Gasteiger partial charge in [0.1, 0.15) is 17.3 Å². The smallest absolute Gasteiger partial charge is 0.367 e. The van der Waals surface area contributed by atoms with Crippen LogP contribution >= 0.6 is 0 Å². The summed E-state index contributed by atoms with van der Waals surface area (Å²) in [6.45, 7) is 2.66. The summed E-state index contributed by atoms with van der Waals surface area (Å²) in [7, 11) is 0. The average Bonchev–Trinajstić information content (AvgIpc) is 2.53. The Bertz CT molecular complexity index is 797. The lowest BCUT2D eigenvalue weighted by atomic mass is 9.87. The van der Waals surface area contributed by atoms with Gasteiger partial charge in [0.15, 0.2) is 0 Å². The van der Waals surface area contributed by atoms with Crippen LogP contribution in [0.15, 0.2) is 24.4 Å². The Balaban J connectivity index is 1.57. The average molecular weight is 353 g/mol. The van der Waals surface area contributed by atoms with E-state index >= 15 is 0 Å². The molecule has 0 spiro atoms. The number of hydrogen-bond donors (Lipinski definition) is 0. The van der Waals surface area contributed by atoms with Crippen molar-refractivity contribution in [3.05, 3.63) is 41.9 Å². The fourth-order valence-corrected chi connectivity index (χ4v) is 3.61. The van der Waals surface area contributed by atoms with Crippen LogP contribution in [0.4, 0.5) is 29.1 Å². The zero-order chi connectivity index (χ0) is 17.8. The maximum absolute atomic E-state index is 13.3. The molecule has 2 bridgehead atoms. The first-order chi connectivity index (χ1) is 11.8. The Hall–Kier alpha value is -2.45. The summed E-state index contributed by atoms with van der Waals surface area (Å²) in [4.78, 5) is 15.2. The molecule has 5 nitrogen and oxygen atoms in total. The summed E-state index contributed by atoms with van der Waals surface area (Å²) >= 11 is 0. The van der Waals surface area contributed by atoms with E-state index in [2.05, 4.69) is 15.0 Å². The standard InChI is InChI=1S/C16H15F4N5/c1-9-22-13(16(18,19)20)6-15(23-9)25-11-4-12(25)8-24(7-11)10-2-3-21-14(17)5-10/h2-3,5-6,11-12H,4,7-8H2,1H3. The largest absolute Gasteiger partial charge is 0.433 e. The van der Waals surface area contributed by atoms with Crippen molar-refractivity contribution >= 4 is 11.5 Å². The lowest BCUT2D eigenvalue weighted by Gasteiger charge is -2.57. The maximum atomic E-state index is 13.3. The predicted molar refractivity (Wildman–Crippen MR) is 82.9 cm³/mol. The van der Waals surface area contributed by atoms with Gasteiger partial charge in [0.2, 0.25) is 5.95 Å². The summed E-state index contributed by atoms with van der Waals surface area (Å²) in [6, 6.07) is 4.20. The van der Waals surface area contributed by atoms with Crippen molar-refractivity contribution in [1.29, 1.82) is 0 Å². The number of nitrogens with zero attached hydrogens (tertiary/aromatic N) is 5. The van der Waals surface area contributed by atoms with Gasteiger partial charge in [-0.1, -0.05) is 0 Å². The Morgan fingerprint density at radius 2 is 1.84 bits per heavy atom. The molecule has 0 amide bonds. The molecule has 0 aromatic carbocycles. The third-order valence-electron chi connectivity index (χ3n) is 4.65. The van der Waals surface area contributed by atoms with Gasteiger partial charge in [-0.15, -0.1) is 0 Å². The maximum Gasteiger partial charge on any atom is 0.433 e. The number of fused-ring (bicyclic) bond motifs is 2. The third kappa shape index (κ3) is 2.87. The Morgan fingerprint density at radius 3 is 2.48 bits per heavy atom. The molecule has 132 valence electrons. The van der Waals surface area contributed by atoms with E-state index in [0.29, 0.717) is 18.9 Å². The van der Waals surface area contributed by atoms with Gasteiger partial charge in [-0.3, -0.25) is 0 Å². The van der Waals surface area contributed by atoms with Crippen molar-refractivity contribution in [3.63, 3.8) is 0 Å². The molecule has 3 aliphatic rings. The molecule has 2 aromatic rings. The summed E-state index contributed by atoms with van der Waals surface area (Å²) in [5, 5.41) is 0. The molecule has 2 aromatic heterocycles. The first kappa shape index (κ1) is 16.0. The summed E-state index contributed by atoms with van der Waals surface area (Å²) in [5.41, 5.74) is -0.190. The number of halogens is 4. The van der Waals surface area contributed by atoms with E-state index in [1.165, 1.54) is 19.2 Å². The van der Waals surface area contributed by atoms with Crippen molar-refractivity contribution in [2.45, 2.75) is 31.6 Å². The number of hydrogen-bond acceptors (Lipinski definition) is 5. The van der Waals surface area contributed by atoms with E-state index in [-0.39, 0.29) is 17.9 Å². The fourth-order valence-electron chi connectivity index (χ4n) is 3.61. The molecule has 0 radical (unpaired) electrons. The Kier molecular flexibility index (Phi) is 3.55. The van der Waals surface area contributed by atoms with E-state index in [4.69, 9.17) is 0 Å². The molecule has 0 saturated carbocycles. The molecule has 25 heavy (non-hydrogen) atoms. The fraction of sp³-hybridized carbons (Fsp3) is 0.438. The third-order valence-corrected chi connectivity index (χ3v) is 4.65. The SMILES string of the molecule is Cc1nc(N2C3CC2CN(c2ccnc(F)c2)C3)cc(C(F)(F)F)n1. The molecule has 0 aliphatic carbocycles. The quantitative estimate of drug-likeness (QED) is 0.614. The topological polar surface area (TPSA) is 45.2 Å². The first-order valence-corrected chi connectivity index (χ1v) is 7.89. The van der Waals surface area contributed by atoms with E-state index < -0.39 is 17.8 Å². The van der Waals surface area contributed by atoms with Gasteiger partial charge in [0, 0.05) is 37.1 Å². The van der Waals surface area contributed by atoms with Crippen LogP contribution in [0.25, 0.3) is 0 Å². The normalized spacial score (nSPS) is 22.8. The molecule has 3 fully saturated rings. The first-order valence-electron chi connectivity index (χ1n) is 7.89. The molecular weight excluding hydrogens is 338 g/mol. The number of pyridine rings is 1. The number of anilines is 2. The molecule has 2 atom stereocenters. The lowest BCUT2D eigenvalue weighted by Crippen LogP contribution is -2.69. The van der Waals surface area contributed by atoms with Crippen LogP contribution in [-0.4, -0.2) is 40.1 Å². The van der Waals surface area contributed by atoms with Gasteiger partial charge in [0.05, 0.1) is 12.1 Å². The number of aromatic nitrogens is 3. The van der Waals surface area contributed by atoms with E-state index in [1.54, 1.807) is 6.07 Å². The zero-order valence-electron chi connectivity index (χ0n) is 13.3. The van der Waals surface area contributed by atoms with Crippen LogP contribution in [-0.2, 0) is 6.18 Å². The Labute approximate surface area is 141 Å². The van der Waals surface area contributed by atoms with Crippen molar-refractivity contribution in [2.24, 2.45) is 0 Å². The number of piperidine rings is 1. The van der Waals surface area contributed by atoms with Gasteiger partial charge >= 0.3 is 6.18 Å².